The first-order valence-electron chi connectivity index (χ1n) is 4.21. The molecule has 0 fully saturated rings. The smallest absolute Gasteiger partial charge is 0.312 e. The maximum absolute atomic E-state index is 10.6. The highest BCUT2D eigenvalue weighted by molar-refractivity contribution is 7.16. The lowest BCUT2D eigenvalue weighted by molar-refractivity contribution is 0.246. The SMILES string of the molecule is CC(C)(CNC(N)=O)c1ccc(Cl)s1. The molecule has 0 spiro atoms. The number of halogens is 1. The molecule has 1 rings (SSSR count). The van der Waals surface area contributed by atoms with Crippen molar-refractivity contribution in [3.63, 3.8) is 0 Å². The normalized spacial score (nSPS) is 11.4. The molecule has 14 heavy (non-hydrogen) atoms. The molecule has 3 nitrogen and oxygen atoms in total. The molecule has 0 radical (unpaired) electrons. The van der Waals surface area contributed by atoms with Crippen LogP contribution >= 0.6 is 22.9 Å². The quantitative estimate of drug-likeness (QED) is 0.826. The maximum atomic E-state index is 10.6. The Morgan fingerprint density at radius 2 is 2.29 bits per heavy atom. The summed E-state index contributed by atoms with van der Waals surface area (Å²) in [7, 11) is 0. The summed E-state index contributed by atoms with van der Waals surface area (Å²) in [6.45, 7) is 4.58. The van der Waals surface area contributed by atoms with Crippen LogP contribution in [-0.4, -0.2) is 12.6 Å². The van der Waals surface area contributed by atoms with E-state index in [4.69, 9.17) is 17.3 Å². The Balaban J connectivity index is 2.69. The molecule has 0 aliphatic rings. The lowest BCUT2D eigenvalue weighted by Crippen LogP contribution is -2.39. The van der Waals surface area contributed by atoms with Crippen molar-refractivity contribution < 1.29 is 4.79 Å². The molecule has 0 aliphatic heterocycles. The van der Waals surface area contributed by atoms with Crippen LogP contribution in [0.25, 0.3) is 0 Å². The largest absolute Gasteiger partial charge is 0.352 e. The van der Waals surface area contributed by atoms with E-state index in [2.05, 4.69) is 5.32 Å². The molecule has 0 aromatic carbocycles. The van der Waals surface area contributed by atoms with Crippen LogP contribution in [0.5, 0.6) is 0 Å². The molecular weight excluding hydrogens is 220 g/mol. The van der Waals surface area contributed by atoms with E-state index in [1.54, 1.807) is 0 Å². The third kappa shape index (κ3) is 2.89. The van der Waals surface area contributed by atoms with Crippen molar-refractivity contribution in [3.05, 3.63) is 21.3 Å². The topological polar surface area (TPSA) is 55.1 Å². The molecule has 1 aromatic rings. The number of thiophene rings is 1. The fourth-order valence-electron chi connectivity index (χ4n) is 1.07. The highest BCUT2D eigenvalue weighted by Gasteiger charge is 2.22. The number of carbonyl (C=O) groups is 1. The van der Waals surface area contributed by atoms with E-state index in [1.165, 1.54) is 11.3 Å². The third-order valence-corrected chi connectivity index (χ3v) is 3.54. The van der Waals surface area contributed by atoms with Gasteiger partial charge in [-0.25, -0.2) is 4.79 Å². The van der Waals surface area contributed by atoms with Crippen molar-refractivity contribution >= 4 is 29.0 Å². The molecular formula is C9H13ClN2OS. The van der Waals surface area contributed by atoms with Gasteiger partial charge in [-0.15, -0.1) is 11.3 Å². The number of nitrogens with two attached hydrogens (primary N) is 1. The number of hydrogen-bond donors (Lipinski definition) is 2. The number of primary amides is 1. The average Bonchev–Trinajstić information content (AvgIpc) is 2.49. The molecule has 0 saturated carbocycles. The van der Waals surface area contributed by atoms with Gasteiger partial charge in [-0.1, -0.05) is 25.4 Å². The van der Waals surface area contributed by atoms with Crippen LogP contribution in [-0.2, 0) is 5.41 Å². The highest BCUT2D eigenvalue weighted by Crippen LogP contribution is 2.31. The number of urea groups is 1. The maximum Gasteiger partial charge on any atom is 0.312 e. The first-order chi connectivity index (χ1) is 6.42. The molecule has 0 atom stereocenters. The van der Waals surface area contributed by atoms with E-state index >= 15 is 0 Å². The first-order valence-corrected chi connectivity index (χ1v) is 5.40. The van der Waals surface area contributed by atoms with Crippen molar-refractivity contribution in [1.29, 1.82) is 0 Å². The number of carbonyl (C=O) groups excluding carboxylic acids is 1. The zero-order valence-corrected chi connectivity index (χ0v) is 9.71. The minimum Gasteiger partial charge on any atom is -0.352 e. The molecule has 1 heterocycles. The van der Waals surface area contributed by atoms with Gasteiger partial charge < -0.3 is 11.1 Å². The van der Waals surface area contributed by atoms with Crippen LogP contribution in [0.1, 0.15) is 18.7 Å². The summed E-state index contributed by atoms with van der Waals surface area (Å²) in [4.78, 5) is 11.7. The summed E-state index contributed by atoms with van der Waals surface area (Å²) in [5, 5.41) is 2.60. The minimum absolute atomic E-state index is 0.132. The van der Waals surface area contributed by atoms with Gasteiger partial charge in [0.1, 0.15) is 0 Å². The van der Waals surface area contributed by atoms with Gasteiger partial charge in [0, 0.05) is 16.8 Å². The Morgan fingerprint density at radius 3 is 2.71 bits per heavy atom. The van der Waals surface area contributed by atoms with Gasteiger partial charge in [0.15, 0.2) is 0 Å². The summed E-state index contributed by atoms with van der Waals surface area (Å²) in [6, 6.07) is 3.32. The Hall–Kier alpha value is -0.740. The fourth-order valence-corrected chi connectivity index (χ4v) is 2.22. The summed E-state index contributed by atoms with van der Waals surface area (Å²) >= 11 is 7.36. The van der Waals surface area contributed by atoms with Gasteiger partial charge in [0.05, 0.1) is 4.34 Å². The fraction of sp³-hybridized carbons (Fsp3) is 0.444. The van der Waals surface area contributed by atoms with Crippen LogP contribution in [0, 0.1) is 0 Å². The van der Waals surface area contributed by atoms with Gasteiger partial charge in [0.25, 0.3) is 0 Å². The van der Waals surface area contributed by atoms with Gasteiger partial charge in [-0.3, -0.25) is 0 Å². The molecule has 0 aliphatic carbocycles. The number of rotatable bonds is 3. The van der Waals surface area contributed by atoms with Gasteiger partial charge >= 0.3 is 6.03 Å². The van der Waals surface area contributed by atoms with Gasteiger partial charge in [-0.05, 0) is 12.1 Å². The van der Waals surface area contributed by atoms with Crippen molar-refractivity contribution in [2.24, 2.45) is 5.73 Å². The second kappa shape index (κ2) is 4.19. The van der Waals surface area contributed by atoms with E-state index in [0.717, 1.165) is 9.21 Å². The van der Waals surface area contributed by atoms with E-state index < -0.39 is 6.03 Å². The monoisotopic (exact) mass is 232 g/mol. The summed E-state index contributed by atoms with van der Waals surface area (Å²) < 4.78 is 0.757. The van der Waals surface area contributed by atoms with Crippen LogP contribution in [0.4, 0.5) is 4.79 Å². The third-order valence-electron chi connectivity index (χ3n) is 1.94. The van der Waals surface area contributed by atoms with Crippen LogP contribution < -0.4 is 11.1 Å². The predicted octanol–water partition coefficient (Wildman–Crippen LogP) is 2.35. The molecule has 5 heteroatoms. The molecule has 78 valence electrons. The van der Waals surface area contributed by atoms with Gasteiger partial charge in [0.2, 0.25) is 0 Å². The number of nitrogens with one attached hydrogen (secondary N) is 1. The number of amides is 2. The Kier molecular flexibility index (Phi) is 3.39. The second-order valence-corrected chi connectivity index (χ2v) is 5.42. The molecule has 0 saturated heterocycles. The summed E-state index contributed by atoms with van der Waals surface area (Å²) in [6.07, 6.45) is 0. The van der Waals surface area contributed by atoms with Crippen LogP contribution in [0.2, 0.25) is 4.34 Å². The standard InChI is InChI=1S/C9H13ClN2OS/c1-9(2,5-12-8(11)13)6-3-4-7(10)14-6/h3-4H,5H2,1-2H3,(H3,11,12,13). The Bertz CT molecular complexity index is 335. The highest BCUT2D eigenvalue weighted by atomic mass is 35.5. The summed E-state index contributed by atoms with van der Waals surface area (Å²) in [5.74, 6) is 0. The summed E-state index contributed by atoms with van der Waals surface area (Å²) in [5.41, 5.74) is 4.88. The average molecular weight is 233 g/mol. The van der Waals surface area contributed by atoms with Crippen molar-refractivity contribution in [2.45, 2.75) is 19.3 Å². The van der Waals surface area contributed by atoms with E-state index in [9.17, 15) is 4.79 Å². The van der Waals surface area contributed by atoms with Crippen molar-refractivity contribution in [1.82, 2.24) is 5.32 Å². The minimum atomic E-state index is -0.499. The van der Waals surface area contributed by atoms with Gasteiger partial charge in [-0.2, -0.15) is 0 Å². The van der Waals surface area contributed by atoms with Crippen LogP contribution in [0.3, 0.4) is 0 Å². The molecule has 3 N–H and O–H groups in total. The predicted molar refractivity (Wildman–Crippen MR) is 59.9 cm³/mol. The zero-order chi connectivity index (χ0) is 10.8. The lowest BCUT2D eigenvalue weighted by Gasteiger charge is -2.22. The first kappa shape index (κ1) is 11.3. The molecule has 2 amide bonds. The lowest BCUT2D eigenvalue weighted by atomic mass is 9.91. The van der Waals surface area contributed by atoms with Crippen molar-refractivity contribution in [3.8, 4) is 0 Å². The molecule has 0 bridgehead atoms. The number of hydrogen-bond acceptors (Lipinski definition) is 2. The van der Waals surface area contributed by atoms with Crippen molar-refractivity contribution in [2.75, 3.05) is 6.54 Å². The van der Waals surface area contributed by atoms with E-state index in [1.807, 2.05) is 26.0 Å². The molecule has 0 unspecified atom stereocenters. The Morgan fingerprint density at radius 1 is 1.64 bits per heavy atom. The van der Waals surface area contributed by atoms with E-state index in [-0.39, 0.29) is 5.41 Å². The van der Waals surface area contributed by atoms with Crippen LogP contribution in [0.15, 0.2) is 12.1 Å². The van der Waals surface area contributed by atoms with E-state index in [0.29, 0.717) is 6.54 Å². The zero-order valence-electron chi connectivity index (χ0n) is 8.13. The Labute approximate surface area is 92.3 Å². The second-order valence-electron chi connectivity index (χ2n) is 3.71. The molecule has 1 aromatic heterocycles.